The van der Waals surface area contributed by atoms with Crippen LogP contribution in [0.25, 0.3) is 5.57 Å². The van der Waals surface area contributed by atoms with Crippen molar-refractivity contribution in [3.63, 3.8) is 0 Å². The normalized spacial score (nSPS) is 24.3. The Balaban J connectivity index is 1.44. The van der Waals surface area contributed by atoms with E-state index in [9.17, 15) is 9.59 Å². The van der Waals surface area contributed by atoms with E-state index in [-0.39, 0.29) is 35.5 Å². The van der Waals surface area contributed by atoms with Crippen LogP contribution in [0.4, 0.5) is 5.69 Å². The minimum absolute atomic E-state index is 0.0921. The maximum absolute atomic E-state index is 13.8. The van der Waals surface area contributed by atoms with Gasteiger partial charge in [0.25, 0.3) is 0 Å². The summed E-state index contributed by atoms with van der Waals surface area (Å²) in [5.74, 6) is -0.606. The molecule has 2 bridgehead atoms. The van der Waals surface area contributed by atoms with E-state index >= 15 is 0 Å². The Labute approximate surface area is 205 Å². The highest BCUT2D eigenvalue weighted by molar-refractivity contribution is 6.24. The van der Waals surface area contributed by atoms with Crippen molar-refractivity contribution in [3.8, 4) is 5.75 Å². The highest BCUT2D eigenvalue weighted by Gasteiger charge is 2.62. The van der Waals surface area contributed by atoms with E-state index in [4.69, 9.17) is 4.74 Å². The van der Waals surface area contributed by atoms with Crippen molar-refractivity contribution >= 4 is 23.1 Å². The molecular weight excluding hydrogens is 434 g/mol. The van der Waals surface area contributed by atoms with Crippen molar-refractivity contribution < 1.29 is 14.3 Å². The van der Waals surface area contributed by atoms with Crippen molar-refractivity contribution in [2.24, 2.45) is 23.7 Å². The van der Waals surface area contributed by atoms with Gasteiger partial charge in [-0.2, -0.15) is 0 Å². The molecule has 0 spiro atoms. The molecule has 3 aliphatic rings. The van der Waals surface area contributed by atoms with Gasteiger partial charge in [-0.15, -0.1) is 0 Å². The lowest BCUT2D eigenvalue weighted by molar-refractivity contribution is -0.123. The number of amides is 2. The zero-order valence-corrected chi connectivity index (χ0v) is 19.6. The predicted molar refractivity (Wildman–Crippen MR) is 137 cm³/mol. The van der Waals surface area contributed by atoms with Gasteiger partial charge in [0, 0.05) is 11.8 Å². The Morgan fingerprint density at radius 1 is 0.743 bits per heavy atom. The number of para-hydroxylation sites is 2. The minimum Gasteiger partial charge on any atom is -0.491 e. The number of rotatable bonds is 6. The zero-order chi connectivity index (χ0) is 23.9. The molecule has 174 valence electrons. The first-order valence-corrected chi connectivity index (χ1v) is 12.3. The average Bonchev–Trinajstić information content (AvgIpc) is 3.53. The number of anilines is 1. The van der Waals surface area contributed by atoms with Gasteiger partial charge in [-0.25, -0.2) is 4.90 Å². The first-order valence-electron chi connectivity index (χ1n) is 12.3. The third-order valence-electron chi connectivity index (χ3n) is 7.40. The standard InChI is InChI=1S/C31H27NO3/c1-2-19-35-25-16-10-9-15-24(25)32-30(33)28-22-17-18-23(29(28)31(32)34)27(22)26(20-11-5-3-6-12-20)21-13-7-4-8-14-21/h3-18,22-23,28-29H,2,19H2,1H3/t22-,23-,28+,29+/m0/s1. The number of allylic oxidation sites excluding steroid dienone is 3. The third-order valence-corrected chi connectivity index (χ3v) is 7.40. The van der Waals surface area contributed by atoms with Crippen molar-refractivity contribution in [1.82, 2.24) is 0 Å². The lowest BCUT2D eigenvalue weighted by atomic mass is 9.85. The second-order valence-corrected chi connectivity index (χ2v) is 9.38. The molecule has 0 radical (unpaired) electrons. The molecule has 1 aliphatic heterocycles. The lowest BCUT2D eigenvalue weighted by Crippen LogP contribution is -2.33. The van der Waals surface area contributed by atoms with Crippen LogP contribution >= 0.6 is 0 Å². The van der Waals surface area contributed by atoms with Gasteiger partial charge in [0.15, 0.2) is 0 Å². The summed E-state index contributed by atoms with van der Waals surface area (Å²) in [6.07, 6.45) is 5.13. The van der Waals surface area contributed by atoms with E-state index < -0.39 is 0 Å². The summed E-state index contributed by atoms with van der Waals surface area (Å²) in [4.78, 5) is 29.1. The summed E-state index contributed by atoms with van der Waals surface area (Å²) in [6, 6.07) is 28.0. The number of fused-ring (bicyclic) bond motifs is 5. The maximum atomic E-state index is 13.8. The van der Waals surface area contributed by atoms with E-state index in [0.717, 1.165) is 23.1 Å². The van der Waals surface area contributed by atoms with Gasteiger partial charge in [-0.3, -0.25) is 9.59 Å². The van der Waals surface area contributed by atoms with Crippen LogP contribution in [0, 0.1) is 23.7 Å². The lowest BCUT2D eigenvalue weighted by Gasteiger charge is -2.23. The molecule has 0 aromatic heterocycles. The Hall–Kier alpha value is -3.92. The quantitative estimate of drug-likeness (QED) is 0.339. The first-order chi connectivity index (χ1) is 17.2. The van der Waals surface area contributed by atoms with Crippen LogP contribution in [-0.2, 0) is 9.59 Å². The van der Waals surface area contributed by atoms with Gasteiger partial charge in [0.05, 0.1) is 24.1 Å². The Kier molecular flexibility index (Phi) is 5.37. The molecule has 2 amide bonds. The molecule has 2 aliphatic carbocycles. The van der Waals surface area contributed by atoms with E-state index in [2.05, 4.69) is 36.4 Å². The molecule has 1 saturated carbocycles. The highest BCUT2D eigenvalue weighted by atomic mass is 16.5. The van der Waals surface area contributed by atoms with Crippen LogP contribution < -0.4 is 9.64 Å². The smallest absolute Gasteiger partial charge is 0.238 e. The topological polar surface area (TPSA) is 46.6 Å². The van der Waals surface area contributed by atoms with Gasteiger partial charge in [0.1, 0.15) is 5.75 Å². The molecule has 1 heterocycles. The summed E-state index contributed by atoms with van der Waals surface area (Å²) in [5.41, 5.74) is 5.11. The molecule has 0 N–H and O–H groups in total. The third kappa shape index (κ3) is 3.35. The molecule has 4 nitrogen and oxygen atoms in total. The fraction of sp³-hybridized carbons (Fsp3) is 0.226. The highest BCUT2D eigenvalue weighted by Crippen LogP contribution is 2.59. The van der Waals surface area contributed by atoms with E-state index in [1.807, 2.05) is 67.6 Å². The maximum Gasteiger partial charge on any atom is 0.238 e. The summed E-state index contributed by atoms with van der Waals surface area (Å²) in [6.45, 7) is 2.57. The first kappa shape index (κ1) is 21.6. The number of carbonyl (C=O) groups excluding carboxylic acids is 2. The number of hydrogen-bond donors (Lipinski definition) is 0. The molecule has 35 heavy (non-hydrogen) atoms. The molecule has 4 heteroatoms. The van der Waals surface area contributed by atoms with Crippen molar-refractivity contribution in [2.45, 2.75) is 13.3 Å². The van der Waals surface area contributed by atoms with Crippen LogP contribution in [0.5, 0.6) is 5.75 Å². The van der Waals surface area contributed by atoms with Gasteiger partial charge >= 0.3 is 0 Å². The number of carbonyl (C=O) groups is 2. The van der Waals surface area contributed by atoms with E-state index in [1.54, 1.807) is 0 Å². The van der Waals surface area contributed by atoms with Gasteiger partial charge in [-0.05, 0) is 40.8 Å². The fourth-order valence-electron chi connectivity index (χ4n) is 6.02. The number of imide groups is 1. The van der Waals surface area contributed by atoms with Crippen LogP contribution in [0.15, 0.2) is 103 Å². The van der Waals surface area contributed by atoms with E-state index in [1.165, 1.54) is 10.5 Å². The SMILES string of the molecule is CCCOc1ccccc1N1C(=O)[C@H]2[C@H](C1=O)[C@H]1C=C[C@H]2C1=C(c1ccccc1)c1ccccc1. The van der Waals surface area contributed by atoms with Crippen LogP contribution in [0.1, 0.15) is 24.5 Å². The summed E-state index contributed by atoms with van der Waals surface area (Å²) >= 11 is 0. The van der Waals surface area contributed by atoms with Crippen LogP contribution in [0.2, 0.25) is 0 Å². The fourth-order valence-corrected chi connectivity index (χ4v) is 6.02. The Bertz CT molecular complexity index is 1270. The Morgan fingerprint density at radius 2 is 1.26 bits per heavy atom. The molecule has 0 unspecified atom stereocenters. The summed E-state index contributed by atoms with van der Waals surface area (Å²) in [5, 5.41) is 0. The molecule has 3 aromatic carbocycles. The zero-order valence-electron chi connectivity index (χ0n) is 19.6. The number of hydrogen-bond acceptors (Lipinski definition) is 3. The monoisotopic (exact) mass is 461 g/mol. The van der Waals surface area contributed by atoms with Crippen LogP contribution in [0.3, 0.4) is 0 Å². The summed E-state index contributed by atoms with van der Waals surface area (Å²) in [7, 11) is 0. The van der Waals surface area contributed by atoms with Crippen molar-refractivity contribution in [2.75, 3.05) is 11.5 Å². The van der Waals surface area contributed by atoms with Gasteiger partial charge in [-0.1, -0.05) is 91.9 Å². The van der Waals surface area contributed by atoms with Crippen molar-refractivity contribution in [3.05, 3.63) is 114 Å². The van der Waals surface area contributed by atoms with E-state index in [0.29, 0.717) is 18.0 Å². The predicted octanol–water partition coefficient (Wildman–Crippen LogP) is 5.90. The molecule has 6 rings (SSSR count). The number of nitrogens with zero attached hydrogens (tertiary/aromatic N) is 1. The Morgan fingerprint density at radius 3 is 1.80 bits per heavy atom. The largest absolute Gasteiger partial charge is 0.491 e. The van der Waals surface area contributed by atoms with Crippen LogP contribution in [-0.4, -0.2) is 18.4 Å². The molecule has 1 saturated heterocycles. The molecule has 2 fully saturated rings. The second-order valence-electron chi connectivity index (χ2n) is 9.38. The molecule has 4 atom stereocenters. The molecule has 3 aromatic rings. The van der Waals surface area contributed by atoms with Gasteiger partial charge < -0.3 is 4.74 Å². The van der Waals surface area contributed by atoms with Crippen molar-refractivity contribution in [1.29, 1.82) is 0 Å². The number of benzene rings is 3. The van der Waals surface area contributed by atoms with Gasteiger partial charge in [0.2, 0.25) is 11.8 Å². The second kappa shape index (κ2) is 8.70. The summed E-state index contributed by atoms with van der Waals surface area (Å²) < 4.78 is 5.89. The average molecular weight is 462 g/mol. The number of ether oxygens (including phenoxy) is 1. The molecular formula is C31H27NO3. The minimum atomic E-state index is -0.380.